The van der Waals surface area contributed by atoms with Gasteiger partial charge in [0.1, 0.15) is 0 Å². The summed E-state index contributed by atoms with van der Waals surface area (Å²) in [6.07, 6.45) is 6.58. The second kappa shape index (κ2) is 5.98. The molecule has 94 valence electrons. The number of hydrogen-bond donors (Lipinski definition) is 2. The second-order valence-corrected chi connectivity index (χ2v) is 4.71. The zero-order valence-electron chi connectivity index (χ0n) is 10.4. The summed E-state index contributed by atoms with van der Waals surface area (Å²) in [5.74, 6) is 0.661. The Morgan fingerprint density at radius 2 is 2.35 bits per heavy atom. The van der Waals surface area contributed by atoms with E-state index in [1.165, 1.54) is 24.8 Å². The van der Waals surface area contributed by atoms with E-state index in [-0.39, 0.29) is 0 Å². The SMILES string of the molecule is COc1ccc(CNC2CCCC(N)C2)cn1. The standard InChI is InChI=1S/C13H21N3O/c1-17-13-6-5-10(9-16-13)8-15-12-4-2-3-11(14)7-12/h5-6,9,11-12,15H,2-4,7-8,14H2,1H3. The molecule has 0 saturated heterocycles. The molecule has 1 aliphatic rings. The molecule has 1 aliphatic carbocycles. The van der Waals surface area contributed by atoms with E-state index in [1.54, 1.807) is 7.11 Å². The van der Waals surface area contributed by atoms with Crippen LogP contribution in [0.2, 0.25) is 0 Å². The van der Waals surface area contributed by atoms with Crippen molar-refractivity contribution in [1.29, 1.82) is 0 Å². The number of aromatic nitrogens is 1. The minimum Gasteiger partial charge on any atom is -0.481 e. The number of methoxy groups -OCH3 is 1. The van der Waals surface area contributed by atoms with Gasteiger partial charge < -0.3 is 15.8 Å². The third-order valence-corrected chi connectivity index (χ3v) is 3.32. The zero-order chi connectivity index (χ0) is 12.1. The highest BCUT2D eigenvalue weighted by molar-refractivity contribution is 5.17. The minimum atomic E-state index is 0.371. The number of nitrogens with one attached hydrogen (secondary N) is 1. The summed E-state index contributed by atoms with van der Waals surface area (Å²) < 4.78 is 5.03. The molecular weight excluding hydrogens is 214 g/mol. The normalized spacial score (nSPS) is 24.6. The van der Waals surface area contributed by atoms with Crippen LogP contribution in [0.15, 0.2) is 18.3 Å². The molecule has 1 fully saturated rings. The Kier molecular flexibility index (Phi) is 4.34. The summed E-state index contributed by atoms with van der Waals surface area (Å²) in [6, 6.07) is 4.86. The number of rotatable bonds is 4. The fourth-order valence-corrected chi connectivity index (χ4v) is 2.31. The Labute approximate surface area is 103 Å². The lowest BCUT2D eigenvalue weighted by molar-refractivity contribution is 0.338. The Balaban J connectivity index is 1.80. The van der Waals surface area contributed by atoms with Crippen LogP contribution >= 0.6 is 0 Å². The van der Waals surface area contributed by atoms with Gasteiger partial charge in [-0.05, 0) is 24.8 Å². The first-order valence-electron chi connectivity index (χ1n) is 6.26. The van der Waals surface area contributed by atoms with Crippen LogP contribution in [-0.4, -0.2) is 24.2 Å². The van der Waals surface area contributed by atoms with Gasteiger partial charge in [-0.25, -0.2) is 4.98 Å². The summed E-state index contributed by atoms with van der Waals surface area (Å²) >= 11 is 0. The van der Waals surface area contributed by atoms with Crippen LogP contribution < -0.4 is 15.8 Å². The summed E-state index contributed by atoms with van der Waals surface area (Å²) in [4.78, 5) is 4.19. The molecule has 4 heteroatoms. The molecule has 2 rings (SSSR count). The fourth-order valence-electron chi connectivity index (χ4n) is 2.31. The van der Waals surface area contributed by atoms with Crippen molar-refractivity contribution in [2.24, 2.45) is 5.73 Å². The largest absolute Gasteiger partial charge is 0.481 e. The maximum absolute atomic E-state index is 5.96. The molecule has 17 heavy (non-hydrogen) atoms. The molecule has 1 saturated carbocycles. The van der Waals surface area contributed by atoms with Crippen molar-refractivity contribution in [2.75, 3.05) is 7.11 Å². The van der Waals surface area contributed by atoms with Crippen LogP contribution in [-0.2, 0) is 6.54 Å². The number of nitrogens with zero attached hydrogens (tertiary/aromatic N) is 1. The average Bonchev–Trinajstić information content (AvgIpc) is 2.37. The number of hydrogen-bond acceptors (Lipinski definition) is 4. The highest BCUT2D eigenvalue weighted by Crippen LogP contribution is 2.17. The van der Waals surface area contributed by atoms with Crippen molar-refractivity contribution < 1.29 is 4.74 Å². The van der Waals surface area contributed by atoms with E-state index >= 15 is 0 Å². The van der Waals surface area contributed by atoms with Crippen molar-refractivity contribution in [3.05, 3.63) is 23.9 Å². The van der Waals surface area contributed by atoms with Crippen LogP contribution in [0.1, 0.15) is 31.2 Å². The van der Waals surface area contributed by atoms with Gasteiger partial charge in [-0.3, -0.25) is 0 Å². The highest BCUT2D eigenvalue weighted by atomic mass is 16.5. The smallest absolute Gasteiger partial charge is 0.212 e. The Morgan fingerprint density at radius 1 is 1.47 bits per heavy atom. The van der Waals surface area contributed by atoms with Crippen molar-refractivity contribution in [1.82, 2.24) is 10.3 Å². The molecule has 0 amide bonds. The lowest BCUT2D eigenvalue weighted by Crippen LogP contribution is -2.39. The molecule has 1 aromatic rings. The first kappa shape index (κ1) is 12.3. The van der Waals surface area contributed by atoms with Gasteiger partial charge in [-0.1, -0.05) is 12.5 Å². The first-order chi connectivity index (χ1) is 8.28. The molecule has 1 heterocycles. The Hall–Kier alpha value is -1.13. The van der Waals surface area contributed by atoms with E-state index in [9.17, 15) is 0 Å². The Morgan fingerprint density at radius 3 is 3.00 bits per heavy atom. The third-order valence-electron chi connectivity index (χ3n) is 3.32. The van der Waals surface area contributed by atoms with E-state index < -0.39 is 0 Å². The van der Waals surface area contributed by atoms with Crippen molar-refractivity contribution >= 4 is 0 Å². The summed E-state index contributed by atoms with van der Waals surface area (Å²) in [5, 5.41) is 3.54. The van der Waals surface area contributed by atoms with Crippen LogP contribution in [0.25, 0.3) is 0 Å². The van der Waals surface area contributed by atoms with Gasteiger partial charge in [0.15, 0.2) is 0 Å². The predicted molar refractivity (Wildman–Crippen MR) is 67.9 cm³/mol. The number of ether oxygens (including phenoxy) is 1. The van der Waals surface area contributed by atoms with E-state index in [0.29, 0.717) is 18.0 Å². The molecule has 2 atom stereocenters. The van der Waals surface area contributed by atoms with Crippen molar-refractivity contribution in [3.8, 4) is 5.88 Å². The third kappa shape index (κ3) is 3.68. The molecular formula is C13H21N3O. The van der Waals surface area contributed by atoms with Crippen LogP contribution in [0.5, 0.6) is 5.88 Å². The van der Waals surface area contributed by atoms with Gasteiger partial charge in [-0.15, -0.1) is 0 Å². The molecule has 4 nitrogen and oxygen atoms in total. The van der Waals surface area contributed by atoms with E-state index in [4.69, 9.17) is 10.5 Å². The first-order valence-corrected chi connectivity index (χ1v) is 6.26. The Bertz CT molecular complexity index is 339. The van der Waals surface area contributed by atoms with E-state index in [0.717, 1.165) is 13.0 Å². The molecule has 1 aromatic heterocycles. The van der Waals surface area contributed by atoms with Gasteiger partial charge in [0.25, 0.3) is 0 Å². The van der Waals surface area contributed by atoms with Gasteiger partial charge in [0.05, 0.1) is 7.11 Å². The van der Waals surface area contributed by atoms with Gasteiger partial charge >= 0.3 is 0 Å². The van der Waals surface area contributed by atoms with Crippen LogP contribution in [0, 0.1) is 0 Å². The van der Waals surface area contributed by atoms with Crippen molar-refractivity contribution in [2.45, 2.75) is 44.3 Å². The van der Waals surface area contributed by atoms with Gasteiger partial charge in [-0.2, -0.15) is 0 Å². The molecule has 0 bridgehead atoms. The van der Waals surface area contributed by atoms with Crippen LogP contribution in [0.4, 0.5) is 0 Å². The van der Waals surface area contributed by atoms with E-state index in [1.807, 2.05) is 18.3 Å². The predicted octanol–water partition coefficient (Wildman–Crippen LogP) is 1.45. The molecule has 2 unspecified atom stereocenters. The van der Waals surface area contributed by atoms with Gasteiger partial charge in [0, 0.05) is 30.9 Å². The zero-order valence-corrected chi connectivity index (χ0v) is 10.4. The molecule has 0 aromatic carbocycles. The number of nitrogens with two attached hydrogens (primary N) is 1. The maximum Gasteiger partial charge on any atom is 0.212 e. The monoisotopic (exact) mass is 235 g/mol. The quantitative estimate of drug-likeness (QED) is 0.829. The maximum atomic E-state index is 5.96. The van der Waals surface area contributed by atoms with E-state index in [2.05, 4.69) is 10.3 Å². The molecule has 0 spiro atoms. The molecule has 0 aliphatic heterocycles. The lowest BCUT2D eigenvalue weighted by atomic mass is 9.91. The van der Waals surface area contributed by atoms with Gasteiger partial charge in [0.2, 0.25) is 5.88 Å². The summed E-state index contributed by atoms with van der Waals surface area (Å²) in [6.45, 7) is 0.856. The second-order valence-electron chi connectivity index (χ2n) is 4.71. The number of pyridine rings is 1. The summed E-state index contributed by atoms with van der Waals surface area (Å²) in [7, 11) is 1.63. The highest BCUT2D eigenvalue weighted by Gasteiger charge is 2.18. The fraction of sp³-hybridized carbons (Fsp3) is 0.615. The average molecular weight is 235 g/mol. The van der Waals surface area contributed by atoms with Crippen LogP contribution in [0.3, 0.4) is 0 Å². The molecule has 0 radical (unpaired) electrons. The minimum absolute atomic E-state index is 0.371. The molecule has 3 N–H and O–H groups in total. The lowest BCUT2D eigenvalue weighted by Gasteiger charge is -2.27. The van der Waals surface area contributed by atoms with Crippen molar-refractivity contribution in [3.63, 3.8) is 0 Å². The topological polar surface area (TPSA) is 60.2 Å². The summed E-state index contributed by atoms with van der Waals surface area (Å²) in [5.41, 5.74) is 7.15.